The summed E-state index contributed by atoms with van der Waals surface area (Å²) in [6, 6.07) is 1.83. The lowest BCUT2D eigenvalue weighted by Crippen LogP contribution is -2.48. The van der Waals surface area contributed by atoms with Crippen LogP contribution in [0.3, 0.4) is 0 Å². The first-order valence-corrected chi connectivity index (χ1v) is 5.39. The summed E-state index contributed by atoms with van der Waals surface area (Å²) >= 11 is 0. The fourth-order valence-corrected chi connectivity index (χ4v) is 1.79. The molecule has 16 heavy (non-hydrogen) atoms. The molecule has 3 N–H and O–H groups in total. The second-order valence-corrected chi connectivity index (χ2v) is 4.00. The van der Waals surface area contributed by atoms with Gasteiger partial charge in [0.2, 0.25) is 0 Å². The van der Waals surface area contributed by atoms with Crippen LogP contribution in [0.2, 0.25) is 0 Å². The third kappa shape index (κ3) is 2.10. The van der Waals surface area contributed by atoms with Crippen LogP contribution >= 0.6 is 0 Å². The molecule has 0 aromatic carbocycles. The summed E-state index contributed by atoms with van der Waals surface area (Å²) in [4.78, 5) is 6.38. The molecule has 0 aliphatic carbocycles. The molecule has 2 heterocycles. The van der Waals surface area contributed by atoms with Crippen LogP contribution in [-0.2, 0) is 4.74 Å². The van der Waals surface area contributed by atoms with Gasteiger partial charge in [0.15, 0.2) is 0 Å². The van der Waals surface area contributed by atoms with Crippen molar-refractivity contribution in [2.45, 2.75) is 13.0 Å². The maximum Gasteiger partial charge on any atom is 0.131 e. The lowest BCUT2D eigenvalue weighted by molar-refractivity contribution is 0.0723. The van der Waals surface area contributed by atoms with Crippen LogP contribution in [-0.4, -0.2) is 42.5 Å². The maximum absolute atomic E-state index is 9.27. The topological polar surface area (TPSA) is 71.6 Å². The number of anilines is 2. The van der Waals surface area contributed by atoms with Gasteiger partial charge in [0, 0.05) is 24.5 Å². The van der Waals surface area contributed by atoms with Crippen LogP contribution in [0.25, 0.3) is 0 Å². The molecule has 0 spiro atoms. The first-order valence-electron chi connectivity index (χ1n) is 5.39. The number of aliphatic hydroxyl groups excluding tert-OH is 1. The average Bonchev–Trinajstić information content (AvgIpc) is 2.32. The van der Waals surface area contributed by atoms with Gasteiger partial charge in [-0.3, -0.25) is 0 Å². The maximum atomic E-state index is 9.27. The largest absolute Gasteiger partial charge is 0.398 e. The highest BCUT2D eigenvalue weighted by molar-refractivity contribution is 5.55. The molecule has 0 amide bonds. The summed E-state index contributed by atoms with van der Waals surface area (Å²) in [6.07, 6.45) is 1.76. The predicted molar refractivity (Wildman–Crippen MR) is 62.4 cm³/mol. The molecule has 1 aromatic rings. The fourth-order valence-electron chi connectivity index (χ4n) is 1.79. The van der Waals surface area contributed by atoms with Gasteiger partial charge in [-0.2, -0.15) is 0 Å². The van der Waals surface area contributed by atoms with Crippen LogP contribution in [0.5, 0.6) is 0 Å². The van der Waals surface area contributed by atoms with Crippen LogP contribution in [0.4, 0.5) is 11.5 Å². The molecule has 88 valence electrons. The third-order valence-corrected chi connectivity index (χ3v) is 2.86. The molecule has 1 aliphatic rings. The molecule has 1 saturated heterocycles. The zero-order valence-corrected chi connectivity index (χ0v) is 9.39. The van der Waals surface area contributed by atoms with Crippen molar-refractivity contribution in [3.05, 3.63) is 17.8 Å². The van der Waals surface area contributed by atoms with E-state index in [1.165, 1.54) is 0 Å². The summed E-state index contributed by atoms with van der Waals surface area (Å²) in [5, 5.41) is 9.27. The van der Waals surface area contributed by atoms with E-state index in [9.17, 15) is 5.11 Å². The minimum Gasteiger partial charge on any atom is -0.398 e. The first kappa shape index (κ1) is 11.2. The van der Waals surface area contributed by atoms with Gasteiger partial charge in [0.05, 0.1) is 25.9 Å². The molecule has 0 bridgehead atoms. The van der Waals surface area contributed by atoms with Crippen LogP contribution in [0.1, 0.15) is 5.56 Å². The Balaban J connectivity index is 2.23. The van der Waals surface area contributed by atoms with E-state index in [0.717, 1.165) is 23.6 Å². The second kappa shape index (κ2) is 4.67. The minimum absolute atomic E-state index is 0.0247. The number of pyridine rings is 1. The summed E-state index contributed by atoms with van der Waals surface area (Å²) in [6.45, 7) is 3.92. The smallest absolute Gasteiger partial charge is 0.131 e. The van der Waals surface area contributed by atoms with Crippen molar-refractivity contribution in [3.8, 4) is 0 Å². The molecule has 1 aliphatic heterocycles. The molecule has 1 atom stereocenters. The number of ether oxygens (including phenoxy) is 1. The summed E-state index contributed by atoms with van der Waals surface area (Å²) in [7, 11) is 0. The highest BCUT2D eigenvalue weighted by Crippen LogP contribution is 2.21. The minimum atomic E-state index is -0.0247. The van der Waals surface area contributed by atoms with E-state index >= 15 is 0 Å². The summed E-state index contributed by atoms with van der Waals surface area (Å²) in [5.41, 5.74) is 7.55. The monoisotopic (exact) mass is 223 g/mol. The van der Waals surface area contributed by atoms with Crippen molar-refractivity contribution in [1.82, 2.24) is 4.98 Å². The first-order chi connectivity index (χ1) is 7.72. The highest BCUT2D eigenvalue weighted by Gasteiger charge is 2.23. The molecule has 1 fully saturated rings. The third-order valence-electron chi connectivity index (χ3n) is 2.86. The van der Waals surface area contributed by atoms with Crippen molar-refractivity contribution >= 4 is 11.5 Å². The van der Waals surface area contributed by atoms with Gasteiger partial charge in [-0.1, -0.05) is 0 Å². The van der Waals surface area contributed by atoms with Crippen LogP contribution in [0.15, 0.2) is 12.3 Å². The Labute approximate surface area is 94.8 Å². The number of rotatable bonds is 2. The molecule has 0 radical (unpaired) electrons. The van der Waals surface area contributed by atoms with E-state index < -0.39 is 0 Å². The molecule has 0 saturated carbocycles. The number of nitrogen functional groups attached to an aromatic ring is 1. The van der Waals surface area contributed by atoms with Gasteiger partial charge in [-0.05, 0) is 12.5 Å². The van der Waals surface area contributed by atoms with E-state index in [-0.39, 0.29) is 12.6 Å². The zero-order valence-electron chi connectivity index (χ0n) is 9.39. The summed E-state index contributed by atoms with van der Waals surface area (Å²) < 4.78 is 5.32. The fraction of sp³-hybridized carbons (Fsp3) is 0.545. The number of hydrogen-bond donors (Lipinski definition) is 2. The predicted octanol–water partition coefficient (Wildman–Crippen LogP) is 0.170. The number of nitrogens with zero attached hydrogens (tertiary/aromatic N) is 2. The number of morpholine rings is 1. The number of hydrogen-bond acceptors (Lipinski definition) is 5. The Bertz CT molecular complexity index is 370. The molecule has 5 nitrogen and oxygen atoms in total. The standard InChI is InChI=1S/C11H17N3O2/c1-8-5-13-11(4-10(8)12)14-2-3-16-7-9(14)6-15/h4-5,9,15H,2-3,6-7H2,1H3,(H2,12,13). The van der Waals surface area contributed by atoms with Crippen molar-refractivity contribution in [2.24, 2.45) is 0 Å². The van der Waals surface area contributed by atoms with Crippen LogP contribution < -0.4 is 10.6 Å². The molecule has 1 aromatic heterocycles. The van der Waals surface area contributed by atoms with E-state index in [4.69, 9.17) is 10.5 Å². The van der Waals surface area contributed by atoms with E-state index in [1.54, 1.807) is 6.20 Å². The van der Waals surface area contributed by atoms with Crippen molar-refractivity contribution in [3.63, 3.8) is 0 Å². The van der Waals surface area contributed by atoms with Gasteiger partial charge >= 0.3 is 0 Å². The Morgan fingerprint density at radius 3 is 3.19 bits per heavy atom. The number of nitrogens with two attached hydrogens (primary N) is 1. The Morgan fingerprint density at radius 1 is 1.69 bits per heavy atom. The van der Waals surface area contributed by atoms with Gasteiger partial charge in [-0.15, -0.1) is 0 Å². The second-order valence-electron chi connectivity index (χ2n) is 4.00. The number of aromatic nitrogens is 1. The molecule has 1 unspecified atom stereocenters. The SMILES string of the molecule is Cc1cnc(N2CCOCC2CO)cc1N. The van der Waals surface area contributed by atoms with Crippen LogP contribution in [0, 0.1) is 6.92 Å². The highest BCUT2D eigenvalue weighted by atomic mass is 16.5. The van der Waals surface area contributed by atoms with Gasteiger partial charge < -0.3 is 20.5 Å². The van der Waals surface area contributed by atoms with E-state index in [0.29, 0.717) is 13.2 Å². The number of aryl methyl sites for hydroxylation is 1. The number of aliphatic hydroxyl groups is 1. The zero-order chi connectivity index (χ0) is 11.5. The normalized spacial score (nSPS) is 21.1. The van der Waals surface area contributed by atoms with Crippen molar-refractivity contribution < 1.29 is 9.84 Å². The Morgan fingerprint density at radius 2 is 2.50 bits per heavy atom. The average molecular weight is 223 g/mol. The van der Waals surface area contributed by atoms with Gasteiger partial charge in [-0.25, -0.2) is 4.98 Å². The molecular weight excluding hydrogens is 206 g/mol. The lowest BCUT2D eigenvalue weighted by atomic mass is 10.2. The lowest BCUT2D eigenvalue weighted by Gasteiger charge is -2.35. The molecule has 2 rings (SSSR count). The molecular formula is C11H17N3O2. The van der Waals surface area contributed by atoms with E-state index in [2.05, 4.69) is 4.98 Å². The van der Waals surface area contributed by atoms with Crippen molar-refractivity contribution in [1.29, 1.82) is 0 Å². The van der Waals surface area contributed by atoms with E-state index in [1.807, 2.05) is 17.9 Å². The molecule has 5 heteroatoms. The van der Waals surface area contributed by atoms with Gasteiger partial charge in [0.25, 0.3) is 0 Å². The van der Waals surface area contributed by atoms with Gasteiger partial charge in [0.1, 0.15) is 5.82 Å². The Hall–Kier alpha value is -1.33. The quantitative estimate of drug-likeness (QED) is 0.748. The summed E-state index contributed by atoms with van der Waals surface area (Å²) in [5.74, 6) is 0.811. The van der Waals surface area contributed by atoms with Crippen molar-refractivity contribution in [2.75, 3.05) is 37.0 Å². The Kier molecular flexibility index (Phi) is 3.26.